The van der Waals surface area contributed by atoms with Crippen molar-refractivity contribution in [3.63, 3.8) is 0 Å². The predicted molar refractivity (Wildman–Crippen MR) is 47.0 cm³/mol. The number of nitrogens with zero attached hydrogens (tertiary/aromatic N) is 1. The number of halogens is 2. The standard InChI is InChI=1S/C10H11F2NO/c11-9-7-8(1-4-13-9)10(12)2-5-14-6-3-10/h1,4,7H,2-3,5-6H2. The molecule has 0 spiro atoms. The minimum atomic E-state index is -1.44. The highest BCUT2D eigenvalue weighted by molar-refractivity contribution is 5.20. The first-order chi connectivity index (χ1) is 6.71. The molecule has 1 aromatic heterocycles. The van der Waals surface area contributed by atoms with E-state index < -0.39 is 11.6 Å². The summed E-state index contributed by atoms with van der Waals surface area (Å²) in [5, 5.41) is 0. The van der Waals surface area contributed by atoms with Crippen LogP contribution in [-0.4, -0.2) is 18.2 Å². The maximum Gasteiger partial charge on any atom is 0.213 e. The van der Waals surface area contributed by atoms with Crippen molar-refractivity contribution in [2.45, 2.75) is 18.5 Å². The van der Waals surface area contributed by atoms with Crippen molar-refractivity contribution in [2.24, 2.45) is 0 Å². The van der Waals surface area contributed by atoms with Crippen LogP contribution in [0.25, 0.3) is 0 Å². The number of pyridine rings is 1. The highest BCUT2D eigenvalue weighted by atomic mass is 19.1. The molecular weight excluding hydrogens is 188 g/mol. The lowest BCUT2D eigenvalue weighted by molar-refractivity contribution is -0.0117. The van der Waals surface area contributed by atoms with Crippen LogP contribution in [0, 0.1) is 5.95 Å². The molecule has 0 unspecified atom stereocenters. The molecule has 0 radical (unpaired) electrons. The first kappa shape index (κ1) is 9.52. The minimum absolute atomic E-state index is 0.288. The number of hydrogen-bond donors (Lipinski definition) is 0. The molecule has 1 aromatic rings. The van der Waals surface area contributed by atoms with Crippen molar-refractivity contribution in [3.05, 3.63) is 29.8 Å². The lowest BCUT2D eigenvalue weighted by Gasteiger charge is -2.29. The fourth-order valence-electron chi connectivity index (χ4n) is 1.66. The summed E-state index contributed by atoms with van der Waals surface area (Å²) in [6.45, 7) is 0.779. The molecule has 1 aliphatic heterocycles. The summed E-state index contributed by atoms with van der Waals surface area (Å²) in [6, 6.07) is 2.68. The van der Waals surface area contributed by atoms with Gasteiger partial charge in [-0.05, 0) is 17.7 Å². The highest BCUT2D eigenvalue weighted by Gasteiger charge is 2.34. The van der Waals surface area contributed by atoms with Crippen LogP contribution in [0.4, 0.5) is 8.78 Å². The molecule has 0 saturated carbocycles. The van der Waals surface area contributed by atoms with Gasteiger partial charge in [-0.1, -0.05) is 0 Å². The van der Waals surface area contributed by atoms with E-state index in [0.29, 0.717) is 18.8 Å². The Kier molecular flexibility index (Phi) is 2.46. The molecule has 1 saturated heterocycles. The molecule has 2 heterocycles. The second kappa shape index (κ2) is 3.61. The zero-order valence-corrected chi connectivity index (χ0v) is 7.67. The normalized spacial score (nSPS) is 20.7. The fraction of sp³-hybridized carbons (Fsp3) is 0.500. The van der Waals surface area contributed by atoms with Gasteiger partial charge < -0.3 is 4.74 Å². The molecule has 4 heteroatoms. The monoisotopic (exact) mass is 199 g/mol. The number of aromatic nitrogens is 1. The summed E-state index contributed by atoms with van der Waals surface area (Å²) >= 11 is 0. The van der Waals surface area contributed by atoms with Gasteiger partial charge in [-0.15, -0.1) is 0 Å². The van der Waals surface area contributed by atoms with Crippen LogP contribution in [0.5, 0.6) is 0 Å². The van der Waals surface area contributed by atoms with E-state index in [4.69, 9.17) is 4.74 Å². The maximum absolute atomic E-state index is 14.2. The summed E-state index contributed by atoms with van der Waals surface area (Å²) in [7, 11) is 0. The highest BCUT2D eigenvalue weighted by Crippen LogP contribution is 2.35. The second-order valence-corrected chi connectivity index (χ2v) is 3.44. The average molecular weight is 199 g/mol. The van der Waals surface area contributed by atoms with E-state index in [2.05, 4.69) is 4.98 Å². The van der Waals surface area contributed by atoms with E-state index in [1.807, 2.05) is 0 Å². The summed E-state index contributed by atoms with van der Waals surface area (Å²) in [6.07, 6.45) is 1.87. The largest absolute Gasteiger partial charge is 0.381 e. The van der Waals surface area contributed by atoms with Crippen LogP contribution < -0.4 is 0 Å². The van der Waals surface area contributed by atoms with Gasteiger partial charge in [0.1, 0.15) is 5.67 Å². The van der Waals surface area contributed by atoms with Crippen LogP contribution in [0.2, 0.25) is 0 Å². The maximum atomic E-state index is 14.2. The van der Waals surface area contributed by atoms with Gasteiger partial charge in [0, 0.05) is 32.3 Å². The van der Waals surface area contributed by atoms with Crippen LogP contribution >= 0.6 is 0 Å². The second-order valence-electron chi connectivity index (χ2n) is 3.44. The molecule has 1 fully saturated rings. The molecule has 0 aliphatic carbocycles. The quantitative estimate of drug-likeness (QED) is 0.647. The van der Waals surface area contributed by atoms with Crippen molar-refractivity contribution in [1.29, 1.82) is 0 Å². The van der Waals surface area contributed by atoms with E-state index in [-0.39, 0.29) is 12.8 Å². The number of hydrogen-bond acceptors (Lipinski definition) is 2. The van der Waals surface area contributed by atoms with Crippen molar-refractivity contribution < 1.29 is 13.5 Å². The van der Waals surface area contributed by atoms with Crippen molar-refractivity contribution in [1.82, 2.24) is 4.98 Å². The number of rotatable bonds is 1. The Morgan fingerprint density at radius 2 is 2.07 bits per heavy atom. The molecule has 14 heavy (non-hydrogen) atoms. The summed E-state index contributed by atoms with van der Waals surface area (Å²) in [4.78, 5) is 3.40. The molecule has 0 aromatic carbocycles. The lowest BCUT2D eigenvalue weighted by Crippen LogP contribution is -2.29. The van der Waals surface area contributed by atoms with Crippen molar-refractivity contribution >= 4 is 0 Å². The molecule has 0 N–H and O–H groups in total. The zero-order chi connectivity index (χ0) is 10.0. The first-order valence-electron chi connectivity index (χ1n) is 4.59. The van der Waals surface area contributed by atoms with Gasteiger partial charge in [0.15, 0.2) is 0 Å². The smallest absolute Gasteiger partial charge is 0.213 e. The molecule has 0 bridgehead atoms. The molecule has 0 atom stereocenters. The SMILES string of the molecule is Fc1cc(C2(F)CCOCC2)ccn1. The Labute approximate surface area is 80.9 Å². The topological polar surface area (TPSA) is 22.1 Å². The van der Waals surface area contributed by atoms with Crippen LogP contribution in [0.1, 0.15) is 18.4 Å². The predicted octanol–water partition coefficient (Wildman–Crippen LogP) is 2.20. The third-order valence-corrected chi connectivity index (χ3v) is 2.53. The molecule has 76 valence electrons. The van der Waals surface area contributed by atoms with Crippen molar-refractivity contribution in [2.75, 3.05) is 13.2 Å². The van der Waals surface area contributed by atoms with E-state index in [1.165, 1.54) is 12.3 Å². The van der Waals surface area contributed by atoms with Gasteiger partial charge in [-0.2, -0.15) is 4.39 Å². The van der Waals surface area contributed by atoms with Crippen molar-refractivity contribution in [3.8, 4) is 0 Å². The van der Waals surface area contributed by atoms with Gasteiger partial charge in [-0.25, -0.2) is 9.37 Å². The molecular formula is C10H11F2NO. The third-order valence-electron chi connectivity index (χ3n) is 2.53. The Morgan fingerprint density at radius 3 is 2.71 bits per heavy atom. The molecule has 2 nitrogen and oxygen atoms in total. The number of alkyl halides is 1. The first-order valence-corrected chi connectivity index (χ1v) is 4.59. The van der Waals surface area contributed by atoms with Gasteiger partial charge in [0.05, 0.1) is 0 Å². The summed E-state index contributed by atoms with van der Waals surface area (Å²) < 4.78 is 32.1. The van der Waals surface area contributed by atoms with Crippen LogP contribution in [-0.2, 0) is 10.4 Å². The van der Waals surface area contributed by atoms with Gasteiger partial charge >= 0.3 is 0 Å². The van der Waals surface area contributed by atoms with E-state index >= 15 is 0 Å². The minimum Gasteiger partial charge on any atom is -0.381 e. The number of ether oxygens (including phenoxy) is 1. The van der Waals surface area contributed by atoms with Gasteiger partial charge in [0.25, 0.3) is 0 Å². The van der Waals surface area contributed by atoms with Gasteiger partial charge in [0.2, 0.25) is 5.95 Å². The Morgan fingerprint density at radius 1 is 1.36 bits per heavy atom. The zero-order valence-electron chi connectivity index (χ0n) is 7.67. The molecule has 2 rings (SSSR count). The van der Waals surface area contributed by atoms with E-state index in [1.54, 1.807) is 0 Å². The van der Waals surface area contributed by atoms with E-state index in [0.717, 1.165) is 6.07 Å². The Hall–Kier alpha value is -1.03. The van der Waals surface area contributed by atoms with E-state index in [9.17, 15) is 8.78 Å². The lowest BCUT2D eigenvalue weighted by atomic mass is 9.89. The molecule has 1 aliphatic rings. The average Bonchev–Trinajstić information content (AvgIpc) is 2.19. The molecule has 0 amide bonds. The van der Waals surface area contributed by atoms with Crippen LogP contribution in [0.3, 0.4) is 0 Å². The fourth-order valence-corrected chi connectivity index (χ4v) is 1.66. The Balaban J connectivity index is 2.28. The summed E-state index contributed by atoms with van der Waals surface area (Å²) in [5.41, 5.74) is -1.07. The van der Waals surface area contributed by atoms with Crippen LogP contribution in [0.15, 0.2) is 18.3 Å². The van der Waals surface area contributed by atoms with Gasteiger partial charge in [-0.3, -0.25) is 0 Å². The third kappa shape index (κ3) is 1.75. The summed E-state index contributed by atoms with van der Waals surface area (Å²) in [5.74, 6) is -0.633. The Bertz CT molecular complexity index is 324.